The Morgan fingerprint density at radius 1 is 0.944 bits per heavy atom. The van der Waals surface area contributed by atoms with E-state index < -0.39 is 0 Å². The van der Waals surface area contributed by atoms with Crippen LogP contribution in [-0.2, 0) is 6.42 Å². The molecule has 0 unspecified atom stereocenters. The fourth-order valence-electron chi connectivity index (χ4n) is 1.92. The maximum atomic E-state index is 3.53. The van der Waals surface area contributed by atoms with Crippen LogP contribution in [0.25, 0.3) is 0 Å². The molecule has 0 atom stereocenters. The number of aryl methyl sites for hydroxylation is 1. The molecule has 1 N–H and O–H groups in total. The Morgan fingerprint density at radius 3 is 2.17 bits per heavy atom. The van der Waals surface area contributed by atoms with Crippen molar-refractivity contribution < 1.29 is 0 Å². The second-order valence-corrected chi connectivity index (χ2v) is 6.88. The first kappa shape index (κ1) is 15.7. The van der Waals surface area contributed by atoms with Crippen molar-refractivity contribution in [3.63, 3.8) is 0 Å². The molecular weight excluding hydrogens is 286 g/mol. The predicted molar refractivity (Wildman–Crippen MR) is 84.1 cm³/mol. The number of benzene rings is 1. The molecule has 1 rings (SSSR count). The molecule has 1 aromatic carbocycles. The average molecular weight is 312 g/mol. The third kappa shape index (κ3) is 7.88. The summed E-state index contributed by atoms with van der Waals surface area (Å²) in [5.41, 5.74) is 1.71. The van der Waals surface area contributed by atoms with Crippen molar-refractivity contribution in [3.05, 3.63) is 34.3 Å². The largest absolute Gasteiger partial charge is 0.312 e. The highest BCUT2D eigenvalue weighted by Crippen LogP contribution is 2.13. The molecule has 0 aliphatic carbocycles. The van der Waals surface area contributed by atoms with E-state index in [9.17, 15) is 0 Å². The van der Waals surface area contributed by atoms with E-state index in [0.29, 0.717) is 0 Å². The zero-order chi connectivity index (χ0) is 13.4. The Labute approximate surface area is 120 Å². The molecule has 0 aliphatic heterocycles. The third-order valence-electron chi connectivity index (χ3n) is 2.96. The number of rotatable bonds is 7. The van der Waals surface area contributed by atoms with Gasteiger partial charge >= 0.3 is 0 Å². The molecule has 0 radical (unpaired) electrons. The molecule has 1 nitrogen and oxygen atoms in total. The molecule has 102 valence electrons. The standard InChI is InChI=1S/C16H26BrN/c1-16(2,3)18-13-7-5-4-6-8-14-9-11-15(17)12-10-14/h9-12,18H,4-8,13H2,1-3H3. The van der Waals surface area contributed by atoms with Crippen molar-refractivity contribution in [2.24, 2.45) is 0 Å². The van der Waals surface area contributed by atoms with Crippen molar-refractivity contribution in [1.29, 1.82) is 0 Å². The monoisotopic (exact) mass is 311 g/mol. The van der Waals surface area contributed by atoms with Gasteiger partial charge in [0.15, 0.2) is 0 Å². The normalized spacial score (nSPS) is 11.8. The summed E-state index contributed by atoms with van der Waals surface area (Å²) in [6.07, 6.45) is 6.47. The van der Waals surface area contributed by atoms with Crippen LogP contribution in [0.3, 0.4) is 0 Å². The summed E-state index contributed by atoms with van der Waals surface area (Å²) in [6.45, 7) is 7.81. The van der Waals surface area contributed by atoms with Crippen molar-refractivity contribution in [1.82, 2.24) is 5.32 Å². The van der Waals surface area contributed by atoms with Crippen LogP contribution in [0.4, 0.5) is 0 Å². The molecule has 0 saturated heterocycles. The Balaban J connectivity index is 2.00. The van der Waals surface area contributed by atoms with E-state index in [1.165, 1.54) is 42.1 Å². The van der Waals surface area contributed by atoms with E-state index in [-0.39, 0.29) is 5.54 Å². The van der Waals surface area contributed by atoms with E-state index in [1.54, 1.807) is 0 Å². The maximum Gasteiger partial charge on any atom is 0.0175 e. The van der Waals surface area contributed by atoms with Crippen molar-refractivity contribution >= 4 is 15.9 Å². The topological polar surface area (TPSA) is 12.0 Å². The summed E-state index contributed by atoms with van der Waals surface area (Å²) in [4.78, 5) is 0. The number of halogens is 1. The smallest absolute Gasteiger partial charge is 0.0175 e. The molecule has 0 fully saturated rings. The van der Waals surface area contributed by atoms with Gasteiger partial charge in [0.05, 0.1) is 0 Å². The number of nitrogens with one attached hydrogen (secondary N) is 1. The highest BCUT2D eigenvalue weighted by Gasteiger charge is 2.06. The molecule has 0 saturated carbocycles. The van der Waals surface area contributed by atoms with Gasteiger partial charge in [-0.3, -0.25) is 0 Å². The van der Waals surface area contributed by atoms with Crippen molar-refractivity contribution in [2.45, 2.75) is 58.4 Å². The van der Waals surface area contributed by atoms with Crippen LogP contribution < -0.4 is 5.32 Å². The lowest BCUT2D eigenvalue weighted by atomic mass is 10.1. The maximum absolute atomic E-state index is 3.53. The molecule has 0 aliphatic rings. The minimum absolute atomic E-state index is 0.261. The molecule has 0 heterocycles. The summed E-state index contributed by atoms with van der Waals surface area (Å²) in [5, 5.41) is 3.53. The highest BCUT2D eigenvalue weighted by atomic mass is 79.9. The molecule has 2 heteroatoms. The predicted octanol–water partition coefficient (Wildman–Crippen LogP) is 4.94. The molecule has 1 aromatic rings. The van der Waals surface area contributed by atoms with Crippen LogP contribution in [-0.4, -0.2) is 12.1 Å². The Bertz CT molecular complexity index is 324. The molecule has 0 amide bonds. The van der Waals surface area contributed by atoms with Crippen molar-refractivity contribution in [3.8, 4) is 0 Å². The van der Waals surface area contributed by atoms with Gasteiger partial charge in [-0.25, -0.2) is 0 Å². The molecule has 0 bridgehead atoms. The van der Waals surface area contributed by atoms with Gasteiger partial charge in [0.1, 0.15) is 0 Å². The second kappa shape index (κ2) is 7.96. The fourth-order valence-corrected chi connectivity index (χ4v) is 2.19. The summed E-state index contributed by atoms with van der Waals surface area (Å²) < 4.78 is 1.17. The third-order valence-corrected chi connectivity index (χ3v) is 3.49. The van der Waals surface area contributed by atoms with Gasteiger partial charge in [0.25, 0.3) is 0 Å². The Kier molecular flexibility index (Phi) is 6.95. The first-order chi connectivity index (χ1) is 8.47. The first-order valence-electron chi connectivity index (χ1n) is 6.97. The van der Waals surface area contributed by atoms with E-state index in [2.05, 4.69) is 66.3 Å². The van der Waals surface area contributed by atoms with Gasteiger partial charge < -0.3 is 5.32 Å². The fraction of sp³-hybridized carbons (Fsp3) is 0.625. The number of unbranched alkanes of at least 4 members (excludes halogenated alkanes) is 3. The highest BCUT2D eigenvalue weighted by molar-refractivity contribution is 9.10. The van der Waals surface area contributed by atoms with Crippen LogP contribution in [0.15, 0.2) is 28.7 Å². The SMILES string of the molecule is CC(C)(C)NCCCCCCc1ccc(Br)cc1. The lowest BCUT2D eigenvalue weighted by Crippen LogP contribution is -2.36. The average Bonchev–Trinajstić information content (AvgIpc) is 2.29. The van der Waals surface area contributed by atoms with Crippen LogP contribution in [0.1, 0.15) is 52.0 Å². The lowest BCUT2D eigenvalue weighted by molar-refractivity contribution is 0.416. The minimum Gasteiger partial charge on any atom is -0.312 e. The van der Waals surface area contributed by atoms with E-state index >= 15 is 0 Å². The summed E-state index contributed by atoms with van der Waals surface area (Å²) in [7, 11) is 0. The van der Waals surface area contributed by atoms with Crippen LogP contribution in [0.5, 0.6) is 0 Å². The van der Waals surface area contributed by atoms with Crippen LogP contribution in [0.2, 0.25) is 0 Å². The van der Waals surface area contributed by atoms with Gasteiger partial charge in [-0.2, -0.15) is 0 Å². The van der Waals surface area contributed by atoms with Crippen LogP contribution >= 0.6 is 15.9 Å². The molecule has 0 aromatic heterocycles. The quantitative estimate of drug-likeness (QED) is 0.703. The van der Waals surface area contributed by atoms with E-state index in [4.69, 9.17) is 0 Å². The summed E-state index contributed by atoms with van der Waals surface area (Å²) in [6, 6.07) is 8.68. The first-order valence-corrected chi connectivity index (χ1v) is 7.76. The zero-order valence-electron chi connectivity index (χ0n) is 11.9. The molecule has 0 spiro atoms. The number of hydrogen-bond donors (Lipinski definition) is 1. The molecular formula is C16H26BrN. The van der Waals surface area contributed by atoms with Gasteiger partial charge in [-0.1, -0.05) is 40.9 Å². The minimum atomic E-state index is 0.261. The Morgan fingerprint density at radius 2 is 1.56 bits per heavy atom. The second-order valence-electron chi connectivity index (χ2n) is 5.97. The Hall–Kier alpha value is -0.340. The van der Waals surface area contributed by atoms with Gasteiger partial charge in [0.2, 0.25) is 0 Å². The van der Waals surface area contributed by atoms with Crippen molar-refractivity contribution in [2.75, 3.05) is 6.54 Å². The summed E-state index contributed by atoms with van der Waals surface area (Å²) in [5.74, 6) is 0. The number of hydrogen-bond acceptors (Lipinski definition) is 1. The van der Waals surface area contributed by atoms with Gasteiger partial charge in [0, 0.05) is 10.0 Å². The zero-order valence-corrected chi connectivity index (χ0v) is 13.5. The summed E-state index contributed by atoms with van der Waals surface area (Å²) >= 11 is 3.46. The van der Waals surface area contributed by atoms with Crippen LogP contribution in [0, 0.1) is 0 Å². The van der Waals surface area contributed by atoms with Gasteiger partial charge in [-0.05, 0) is 64.3 Å². The lowest BCUT2D eigenvalue weighted by Gasteiger charge is -2.20. The van der Waals surface area contributed by atoms with E-state index in [1.807, 2.05) is 0 Å². The molecule has 18 heavy (non-hydrogen) atoms. The van der Waals surface area contributed by atoms with Gasteiger partial charge in [-0.15, -0.1) is 0 Å². The van der Waals surface area contributed by atoms with E-state index in [0.717, 1.165) is 6.54 Å².